The van der Waals surface area contributed by atoms with Gasteiger partial charge < -0.3 is 5.32 Å². The molecule has 32 heavy (non-hydrogen) atoms. The second-order valence-corrected chi connectivity index (χ2v) is 12.1. The highest BCUT2D eigenvalue weighted by atomic mass is 32.2. The third-order valence-electron chi connectivity index (χ3n) is 5.66. The van der Waals surface area contributed by atoms with Gasteiger partial charge in [-0.05, 0) is 70.0 Å². The lowest BCUT2D eigenvalue weighted by atomic mass is 10.2. The summed E-state index contributed by atoms with van der Waals surface area (Å²) in [6.45, 7) is 5.71. The first-order chi connectivity index (χ1) is 14.9. The van der Waals surface area contributed by atoms with E-state index < -0.39 is 32.0 Å². The van der Waals surface area contributed by atoms with Gasteiger partial charge in [0.05, 0.1) is 9.79 Å². The number of carbonyl (C=O) groups excluding carboxylic acids is 1. The monoisotopic (exact) mass is 479 g/mol. The number of rotatable bonds is 7. The number of amides is 1. The quantitative estimate of drug-likeness (QED) is 0.658. The highest BCUT2D eigenvalue weighted by Crippen LogP contribution is 2.27. The van der Waals surface area contributed by atoms with Crippen LogP contribution in [0.4, 0.5) is 5.69 Å². The van der Waals surface area contributed by atoms with Crippen molar-refractivity contribution in [3.05, 3.63) is 54.1 Å². The molecular formula is C22H29N3O5S2. The third kappa shape index (κ3) is 4.88. The van der Waals surface area contributed by atoms with E-state index in [1.165, 1.54) is 39.9 Å². The number of hydrogen-bond acceptors (Lipinski definition) is 5. The second-order valence-electron chi connectivity index (χ2n) is 8.22. The minimum absolute atomic E-state index is 0.121. The zero-order valence-corrected chi connectivity index (χ0v) is 20.3. The van der Waals surface area contributed by atoms with Crippen molar-refractivity contribution < 1.29 is 21.6 Å². The second kappa shape index (κ2) is 9.30. The van der Waals surface area contributed by atoms with Gasteiger partial charge in [-0.1, -0.05) is 17.7 Å². The summed E-state index contributed by atoms with van der Waals surface area (Å²) in [6, 6.07) is 11.4. The zero-order valence-electron chi connectivity index (χ0n) is 18.6. The van der Waals surface area contributed by atoms with Gasteiger partial charge in [-0.2, -0.15) is 8.61 Å². The first-order valence-corrected chi connectivity index (χ1v) is 13.3. The molecule has 2 aromatic rings. The molecule has 3 rings (SSSR count). The summed E-state index contributed by atoms with van der Waals surface area (Å²) in [4.78, 5) is 13.2. The summed E-state index contributed by atoms with van der Waals surface area (Å²) in [7, 11) is -5.91. The Balaban J connectivity index is 1.76. The normalized spacial score (nSPS) is 17.8. The molecule has 0 unspecified atom stereocenters. The average molecular weight is 480 g/mol. The summed E-state index contributed by atoms with van der Waals surface area (Å²) >= 11 is 0. The van der Waals surface area contributed by atoms with Crippen molar-refractivity contribution in [3.8, 4) is 0 Å². The van der Waals surface area contributed by atoms with Crippen LogP contribution in [-0.2, 0) is 24.8 Å². The highest BCUT2D eigenvalue weighted by molar-refractivity contribution is 7.89. The van der Waals surface area contributed by atoms with Crippen molar-refractivity contribution in [3.63, 3.8) is 0 Å². The van der Waals surface area contributed by atoms with Crippen LogP contribution in [0.15, 0.2) is 58.3 Å². The van der Waals surface area contributed by atoms with Gasteiger partial charge in [0, 0.05) is 25.3 Å². The van der Waals surface area contributed by atoms with Gasteiger partial charge in [0.2, 0.25) is 26.0 Å². The van der Waals surface area contributed by atoms with E-state index in [9.17, 15) is 21.6 Å². The van der Waals surface area contributed by atoms with Gasteiger partial charge in [0.25, 0.3) is 0 Å². The van der Waals surface area contributed by atoms with E-state index in [2.05, 4.69) is 5.32 Å². The first kappa shape index (κ1) is 24.4. The molecule has 174 valence electrons. The molecule has 1 amide bonds. The SMILES string of the molecule is Cc1ccc(S(=O)(=O)N2CCC[C@H]2C(=O)Nc2ccc(S(=O)(=O)N(C)C(C)C)cc2)cc1. The predicted octanol–water partition coefficient (Wildman–Crippen LogP) is 2.82. The largest absolute Gasteiger partial charge is 0.325 e. The summed E-state index contributed by atoms with van der Waals surface area (Å²) in [5.41, 5.74) is 1.35. The molecule has 1 saturated heterocycles. The minimum Gasteiger partial charge on any atom is -0.325 e. The van der Waals surface area contributed by atoms with E-state index in [1.54, 1.807) is 38.1 Å². The lowest BCUT2D eigenvalue weighted by Gasteiger charge is -2.24. The molecule has 10 heteroatoms. The Morgan fingerprint density at radius 1 is 1.00 bits per heavy atom. The Morgan fingerprint density at radius 3 is 2.12 bits per heavy atom. The van der Waals surface area contributed by atoms with Crippen LogP contribution in [-0.4, -0.2) is 57.0 Å². The maximum Gasteiger partial charge on any atom is 0.243 e. The van der Waals surface area contributed by atoms with Crippen molar-refractivity contribution in [1.29, 1.82) is 0 Å². The molecule has 0 spiro atoms. The average Bonchev–Trinajstić information content (AvgIpc) is 3.25. The van der Waals surface area contributed by atoms with E-state index in [0.29, 0.717) is 18.5 Å². The molecule has 0 aliphatic carbocycles. The maximum absolute atomic E-state index is 13.1. The summed E-state index contributed by atoms with van der Waals surface area (Å²) in [5, 5.41) is 2.72. The molecule has 1 N–H and O–H groups in total. The van der Waals surface area contributed by atoms with Crippen LogP contribution in [0.25, 0.3) is 0 Å². The van der Waals surface area contributed by atoms with E-state index in [4.69, 9.17) is 0 Å². The zero-order chi connectivity index (χ0) is 23.7. The molecule has 1 aliphatic heterocycles. The number of benzene rings is 2. The van der Waals surface area contributed by atoms with Gasteiger partial charge in [0.15, 0.2) is 0 Å². The van der Waals surface area contributed by atoms with E-state index in [0.717, 1.165) is 5.56 Å². The van der Waals surface area contributed by atoms with Gasteiger partial charge in [0.1, 0.15) is 6.04 Å². The Labute approximate surface area is 190 Å². The molecule has 1 aliphatic rings. The van der Waals surface area contributed by atoms with Crippen LogP contribution in [0.1, 0.15) is 32.3 Å². The molecule has 8 nitrogen and oxygen atoms in total. The molecular weight excluding hydrogens is 450 g/mol. The molecule has 1 heterocycles. The Hall–Kier alpha value is -2.27. The number of nitrogens with zero attached hydrogens (tertiary/aromatic N) is 2. The third-order valence-corrected chi connectivity index (χ3v) is 9.63. The number of anilines is 1. The number of nitrogens with one attached hydrogen (secondary N) is 1. The number of aryl methyl sites for hydroxylation is 1. The van der Waals surface area contributed by atoms with Crippen molar-refractivity contribution >= 4 is 31.6 Å². The maximum atomic E-state index is 13.1. The van der Waals surface area contributed by atoms with Crippen LogP contribution in [0.5, 0.6) is 0 Å². The molecule has 1 fully saturated rings. The van der Waals surface area contributed by atoms with Gasteiger partial charge >= 0.3 is 0 Å². The fourth-order valence-electron chi connectivity index (χ4n) is 3.52. The fourth-order valence-corrected chi connectivity index (χ4v) is 6.54. The summed E-state index contributed by atoms with van der Waals surface area (Å²) in [6.07, 6.45) is 1.00. The van der Waals surface area contributed by atoms with Crippen molar-refractivity contribution in [2.75, 3.05) is 18.9 Å². The van der Waals surface area contributed by atoms with Crippen LogP contribution in [0, 0.1) is 6.92 Å². The standard InChI is InChI=1S/C22H29N3O5S2/c1-16(2)24(4)31(27,28)19-13-9-18(10-14-19)23-22(26)21-6-5-15-25(21)32(29,30)20-11-7-17(3)8-12-20/h7-14,16,21H,5-6,15H2,1-4H3,(H,23,26)/t21-/m0/s1. The fraction of sp³-hybridized carbons (Fsp3) is 0.409. The number of carbonyl (C=O) groups is 1. The molecule has 0 aromatic heterocycles. The van der Waals surface area contributed by atoms with Crippen LogP contribution < -0.4 is 5.32 Å². The summed E-state index contributed by atoms with van der Waals surface area (Å²) < 4.78 is 53.8. The van der Waals surface area contributed by atoms with Crippen molar-refractivity contribution in [2.45, 2.75) is 55.5 Å². The lowest BCUT2D eigenvalue weighted by molar-refractivity contribution is -0.119. The van der Waals surface area contributed by atoms with Crippen molar-refractivity contribution in [2.24, 2.45) is 0 Å². The molecule has 0 bridgehead atoms. The highest BCUT2D eigenvalue weighted by Gasteiger charge is 2.39. The predicted molar refractivity (Wildman–Crippen MR) is 123 cm³/mol. The molecule has 0 saturated carbocycles. The molecule has 0 radical (unpaired) electrons. The number of sulfonamides is 2. The van der Waals surface area contributed by atoms with E-state index in [-0.39, 0.29) is 22.4 Å². The van der Waals surface area contributed by atoms with Crippen molar-refractivity contribution in [1.82, 2.24) is 8.61 Å². The van der Waals surface area contributed by atoms with Crippen LogP contribution in [0.3, 0.4) is 0 Å². The van der Waals surface area contributed by atoms with Crippen LogP contribution in [0.2, 0.25) is 0 Å². The van der Waals surface area contributed by atoms with Crippen LogP contribution >= 0.6 is 0 Å². The molecule has 1 atom stereocenters. The summed E-state index contributed by atoms with van der Waals surface area (Å²) in [5.74, 6) is -0.437. The minimum atomic E-state index is -3.80. The smallest absolute Gasteiger partial charge is 0.243 e. The Morgan fingerprint density at radius 2 is 1.56 bits per heavy atom. The topological polar surface area (TPSA) is 104 Å². The molecule has 2 aromatic carbocycles. The lowest BCUT2D eigenvalue weighted by Crippen LogP contribution is -2.43. The Bertz CT molecular complexity index is 1180. The van der Waals surface area contributed by atoms with Gasteiger partial charge in [-0.25, -0.2) is 16.8 Å². The first-order valence-electron chi connectivity index (χ1n) is 10.4. The Kier molecular flexibility index (Phi) is 7.09. The van der Waals surface area contributed by atoms with Gasteiger partial charge in [-0.15, -0.1) is 0 Å². The van der Waals surface area contributed by atoms with Gasteiger partial charge in [-0.3, -0.25) is 4.79 Å². The number of hydrogen-bond donors (Lipinski definition) is 1. The van der Waals surface area contributed by atoms with E-state index in [1.807, 2.05) is 6.92 Å². The van der Waals surface area contributed by atoms with E-state index >= 15 is 0 Å².